The van der Waals surface area contributed by atoms with Crippen molar-refractivity contribution in [2.45, 2.75) is 56.8 Å². The van der Waals surface area contributed by atoms with Crippen molar-refractivity contribution in [1.29, 1.82) is 0 Å². The Labute approximate surface area is 184 Å². The van der Waals surface area contributed by atoms with E-state index in [9.17, 15) is 18.0 Å². The van der Waals surface area contributed by atoms with Crippen LogP contribution >= 0.6 is 0 Å². The van der Waals surface area contributed by atoms with Crippen molar-refractivity contribution in [3.63, 3.8) is 0 Å². The molecule has 1 saturated heterocycles. The van der Waals surface area contributed by atoms with Crippen molar-refractivity contribution < 1.29 is 27.5 Å². The highest BCUT2D eigenvalue weighted by Crippen LogP contribution is 2.27. The first kappa shape index (κ1) is 23.7. The zero-order valence-electron chi connectivity index (χ0n) is 18.1. The minimum atomic E-state index is -3.68. The Morgan fingerprint density at radius 3 is 2.58 bits per heavy atom. The normalized spacial score (nSPS) is 18.5. The van der Waals surface area contributed by atoms with Gasteiger partial charge in [0.05, 0.1) is 18.1 Å². The lowest BCUT2D eigenvalue weighted by molar-refractivity contribution is -0.147. The second-order valence-corrected chi connectivity index (χ2v) is 10.2. The lowest BCUT2D eigenvalue weighted by Crippen LogP contribution is -2.40. The quantitative estimate of drug-likeness (QED) is 0.609. The predicted molar refractivity (Wildman–Crippen MR) is 116 cm³/mol. The van der Waals surface area contributed by atoms with Crippen LogP contribution < -0.4 is 5.32 Å². The van der Waals surface area contributed by atoms with Crippen molar-refractivity contribution >= 4 is 27.6 Å². The molecule has 3 rings (SSSR count). The molecule has 0 unspecified atom stereocenters. The maximum Gasteiger partial charge on any atom is 0.306 e. The first-order valence-corrected chi connectivity index (χ1v) is 12.4. The number of benzene rings is 1. The third kappa shape index (κ3) is 6.75. The molecule has 0 spiro atoms. The number of hydrogen-bond acceptors (Lipinski definition) is 6. The van der Waals surface area contributed by atoms with Gasteiger partial charge in [-0.1, -0.05) is 38.2 Å². The molecule has 1 saturated carbocycles. The molecule has 2 aliphatic rings. The second kappa shape index (κ2) is 11.1. The summed E-state index contributed by atoms with van der Waals surface area (Å²) in [5, 5.41) is 2.62. The molecule has 0 atom stereocenters. The van der Waals surface area contributed by atoms with Gasteiger partial charge in [-0.05, 0) is 37.0 Å². The van der Waals surface area contributed by atoms with Crippen molar-refractivity contribution in [1.82, 2.24) is 4.31 Å². The van der Waals surface area contributed by atoms with E-state index in [4.69, 9.17) is 9.47 Å². The van der Waals surface area contributed by atoms with Crippen LogP contribution in [0.25, 0.3) is 0 Å². The molecule has 1 aromatic rings. The van der Waals surface area contributed by atoms with Gasteiger partial charge < -0.3 is 14.8 Å². The number of nitrogens with one attached hydrogen (secondary N) is 1. The maximum atomic E-state index is 13.0. The first-order valence-electron chi connectivity index (χ1n) is 11.0. The minimum Gasteiger partial charge on any atom is -0.456 e. The smallest absolute Gasteiger partial charge is 0.306 e. The van der Waals surface area contributed by atoms with Crippen LogP contribution in [0.5, 0.6) is 0 Å². The molecule has 0 aromatic heterocycles. The van der Waals surface area contributed by atoms with Crippen LogP contribution in [0.4, 0.5) is 5.69 Å². The third-order valence-corrected chi connectivity index (χ3v) is 7.95. The van der Waals surface area contributed by atoms with Crippen LogP contribution in [-0.4, -0.2) is 57.5 Å². The summed E-state index contributed by atoms with van der Waals surface area (Å²) in [6, 6.07) is 4.73. The highest BCUT2D eigenvalue weighted by atomic mass is 32.2. The molecule has 1 amide bonds. The fourth-order valence-corrected chi connectivity index (χ4v) is 5.75. The maximum absolute atomic E-state index is 13.0. The summed E-state index contributed by atoms with van der Waals surface area (Å²) < 4.78 is 37.6. The van der Waals surface area contributed by atoms with Gasteiger partial charge in [0.2, 0.25) is 10.0 Å². The van der Waals surface area contributed by atoms with Gasteiger partial charge in [-0.2, -0.15) is 4.31 Å². The van der Waals surface area contributed by atoms with Gasteiger partial charge in [0.25, 0.3) is 5.91 Å². The SMILES string of the molecule is Cc1ccc(NC(=O)COC(=O)CCC2CCCCC2)cc1S(=O)(=O)N1CCOCC1. The molecule has 9 heteroatoms. The number of carbonyl (C=O) groups excluding carboxylic acids is 2. The number of esters is 1. The summed E-state index contributed by atoms with van der Waals surface area (Å²) >= 11 is 0. The van der Waals surface area contributed by atoms with Gasteiger partial charge in [0.1, 0.15) is 0 Å². The Kier molecular flexibility index (Phi) is 8.45. The third-order valence-electron chi connectivity index (χ3n) is 5.91. The zero-order chi connectivity index (χ0) is 22.3. The van der Waals surface area contributed by atoms with Crippen molar-refractivity contribution in [2.75, 3.05) is 38.2 Å². The van der Waals surface area contributed by atoms with Crippen LogP contribution in [0.2, 0.25) is 0 Å². The molecule has 1 aliphatic carbocycles. The number of amides is 1. The van der Waals surface area contributed by atoms with Crippen LogP contribution in [0.3, 0.4) is 0 Å². The number of anilines is 1. The number of nitrogens with zero attached hydrogens (tertiary/aromatic N) is 1. The van der Waals surface area contributed by atoms with Gasteiger partial charge in [-0.3, -0.25) is 9.59 Å². The van der Waals surface area contributed by atoms with Crippen LogP contribution in [0, 0.1) is 12.8 Å². The summed E-state index contributed by atoms with van der Waals surface area (Å²) in [5.74, 6) is -0.292. The molecule has 2 fully saturated rings. The Hall–Kier alpha value is -1.97. The Morgan fingerprint density at radius 1 is 1.16 bits per heavy atom. The number of rotatable bonds is 8. The van der Waals surface area contributed by atoms with Gasteiger partial charge >= 0.3 is 5.97 Å². The average molecular weight is 453 g/mol. The molecule has 31 heavy (non-hydrogen) atoms. The van der Waals surface area contributed by atoms with E-state index in [2.05, 4.69) is 5.32 Å². The van der Waals surface area contributed by atoms with E-state index in [1.165, 1.54) is 29.6 Å². The molecule has 1 heterocycles. The Morgan fingerprint density at radius 2 is 1.87 bits per heavy atom. The van der Waals surface area contributed by atoms with Gasteiger partial charge in [-0.15, -0.1) is 0 Å². The summed E-state index contributed by atoms with van der Waals surface area (Å²) in [4.78, 5) is 24.3. The largest absolute Gasteiger partial charge is 0.456 e. The summed E-state index contributed by atoms with van der Waals surface area (Å²) in [5.41, 5.74) is 0.944. The predicted octanol–water partition coefficient (Wildman–Crippen LogP) is 2.86. The van der Waals surface area contributed by atoms with E-state index in [1.807, 2.05) is 0 Å². The average Bonchev–Trinajstić information content (AvgIpc) is 2.78. The number of sulfonamides is 1. The lowest BCUT2D eigenvalue weighted by Gasteiger charge is -2.26. The number of aryl methyl sites for hydroxylation is 1. The van der Waals surface area contributed by atoms with E-state index in [-0.39, 0.29) is 17.5 Å². The number of morpholine rings is 1. The molecule has 172 valence electrons. The zero-order valence-corrected chi connectivity index (χ0v) is 18.9. The van der Waals surface area contributed by atoms with Crippen LogP contribution in [-0.2, 0) is 29.1 Å². The summed E-state index contributed by atoms with van der Waals surface area (Å²) in [6.45, 7) is 2.65. The lowest BCUT2D eigenvalue weighted by atomic mass is 9.86. The van der Waals surface area contributed by atoms with E-state index < -0.39 is 15.9 Å². The monoisotopic (exact) mass is 452 g/mol. The van der Waals surface area contributed by atoms with Crippen molar-refractivity contribution in [3.8, 4) is 0 Å². The van der Waals surface area contributed by atoms with Gasteiger partial charge in [-0.25, -0.2) is 8.42 Å². The number of ether oxygens (including phenoxy) is 2. The van der Waals surface area contributed by atoms with Crippen molar-refractivity contribution in [2.24, 2.45) is 5.92 Å². The minimum absolute atomic E-state index is 0.150. The molecule has 8 nitrogen and oxygen atoms in total. The molecule has 1 aliphatic heterocycles. The van der Waals surface area contributed by atoms with E-state index in [1.54, 1.807) is 19.1 Å². The summed E-state index contributed by atoms with van der Waals surface area (Å²) in [6.07, 6.45) is 7.18. The highest BCUT2D eigenvalue weighted by molar-refractivity contribution is 7.89. The van der Waals surface area contributed by atoms with Crippen molar-refractivity contribution in [3.05, 3.63) is 23.8 Å². The van der Waals surface area contributed by atoms with E-state index >= 15 is 0 Å². The topological polar surface area (TPSA) is 102 Å². The fraction of sp³-hybridized carbons (Fsp3) is 0.636. The highest BCUT2D eigenvalue weighted by Gasteiger charge is 2.28. The Balaban J connectivity index is 1.51. The van der Waals surface area contributed by atoms with E-state index in [0.717, 1.165) is 19.3 Å². The Bertz CT molecular complexity index is 874. The van der Waals surface area contributed by atoms with E-state index in [0.29, 0.717) is 49.9 Å². The molecular weight excluding hydrogens is 420 g/mol. The molecule has 1 aromatic carbocycles. The molecule has 1 N–H and O–H groups in total. The molecule has 0 radical (unpaired) electrons. The number of carbonyl (C=O) groups is 2. The fourth-order valence-electron chi connectivity index (χ4n) is 4.09. The van der Waals surface area contributed by atoms with Gasteiger partial charge in [0.15, 0.2) is 6.61 Å². The number of hydrogen-bond donors (Lipinski definition) is 1. The molecular formula is C22H32N2O6S. The van der Waals surface area contributed by atoms with Gasteiger partial charge in [0, 0.05) is 25.2 Å². The first-order chi connectivity index (χ1) is 14.9. The molecule has 0 bridgehead atoms. The summed E-state index contributed by atoms with van der Waals surface area (Å²) in [7, 11) is -3.68. The standard InChI is InChI=1S/C22H32N2O6S/c1-17-7-9-19(15-20(17)31(27,28)24-11-13-29-14-12-24)23-21(25)16-30-22(26)10-8-18-5-3-2-4-6-18/h7,9,15,18H,2-6,8,10-14,16H2,1H3,(H,23,25). The van der Waals surface area contributed by atoms with Crippen LogP contribution in [0.15, 0.2) is 23.1 Å². The second-order valence-electron chi connectivity index (χ2n) is 8.25. The van der Waals surface area contributed by atoms with Crippen LogP contribution in [0.1, 0.15) is 50.5 Å².